The molecular weight excluding hydrogens is 252 g/mol. The Hall–Kier alpha value is -0.670. The largest absolute Gasteiger partial charge is 0.371 e. The fourth-order valence-corrected chi connectivity index (χ4v) is 2.89. The molecule has 0 bridgehead atoms. The zero-order valence-corrected chi connectivity index (χ0v) is 13.4. The molecule has 0 radical (unpaired) electrons. The summed E-state index contributed by atoms with van der Waals surface area (Å²) >= 11 is 1.80. The van der Waals surface area contributed by atoms with Gasteiger partial charge in [0.05, 0.1) is 0 Å². The maximum atomic E-state index is 3.62. The summed E-state index contributed by atoms with van der Waals surface area (Å²) < 4.78 is 0. The molecule has 0 amide bonds. The molecule has 0 aliphatic carbocycles. The van der Waals surface area contributed by atoms with Crippen LogP contribution >= 0.6 is 11.8 Å². The summed E-state index contributed by atoms with van der Waals surface area (Å²) in [4.78, 5) is 3.85. The monoisotopic (exact) mass is 278 g/mol. The molecule has 19 heavy (non-hydrogen) atoms. The van der Waals surface area contributed by atoms with Crippen LogP contribution in [-0.2, 0) is 0 Å². The van der Waals surface area contributed by atoms with Gasteiger partial charge >= 0.3 is 0 Å². The van der Waals surface area contributed by atoms with Crippen molar-refractivity contribution in [2.45, 2.75) is 37.6 Å². The predicted molar refractivity (Wildman–Crippen MR) is 86.3 cm³/mol. The molecule has 106 valence electrons. The summed E-state index contributed by atoms with van der Waals surface area (Å²) in [5, 5.41) is 3.62. The van der Waals surface area contributed by atoms with Gasteiger partial charge in [-0.05, 0) is 63.6 Å². The van der Waals surface area contributed by atoms with E-state index in [1.165, 1.54) is 30.1 Å². The first-order valence-corrected chi connectivity index (χ1v) is 8.34. The van der Waals surface area contributed by atoms with Crippen LogP contribution in [0.2, 0.25) is 0 Å². The third-order valence-corrected chi connectivity index (χ3v) is 4.39. The molecule has 1 aromatic carbocycles. The summed E-state index contributed by atoms with van der Waals surface area (Å²) in [5.74, 6) is 0.777. The van der Waals surface area contributed by atoms with Crippen molar-refractivity contribution < 1.29 is 0 Å². The average Bonchev–Trinajstić information content (AvgIpc) is 2.84. The molecule has 0 aromatic heterocycles. The quantitative estimate of drug-likeness (QED) is 0.847. The Bertz CT molecular complexity index is 394. The molecule has 1 aliphatic heterocycles. The molecule has 2 rings (SSSR count). The Labute approximate surface area is 122 Å². The highest BCUT2D eigenvalue weighted by Gasteiger charge is 2.23. The second-order valence-electron chi connectivity index (χ2n) is 6.43. The first kappa shape index (κ1) is 14.7. The maximum absolute atomic E-state index is 3.62. The van der Waals surface area contributed by atoms with E-state index >= 15 is 0 Å². The Morgan fingerprint density at radius 3 is 2.53 bits per heavy atom. The third kappa shape index (κ3) is 4.43. The first-order chi connectivity index (χ1) is 8.98. The minimum absolute atomic E-state index is 0.230. The van der Waals surface area contributed by atoms with Crippen molar-refractivity contribution in [2.75, 3.05) is 30.8 Å². The van der Waals surface area contributed by atoms with Crippen LogP contribution in [0.1, 0.15) is 27.2 Å². The first-order valence-electron chi connectivity index (χ1n) is 7.12. The number of benzene rings is 1. The second kappa shape index (κ2) is 6.19. The SMILES string of the molecule is CSc1ccc(N2CCC(CNC(C)(C)C)C2)cc1. The Kier molecular flexibility index (Phi) is 4.80. The highest BCUT2D eigenvalue weighted by atomic mass is 32.2. The Morgan fingerprint density at radius 2 is 1.95 bits per heavy atom. The third-order valence-electron chi connectivity index (χ3n) is 3.64. The van der Waals surface area contributed by atoms with Gasteiger partial charge in [-0.2, -0.15) is 0 Å². The number of hydrogen-bond acceptors (Lipinski definition) is 3. The summed E-state index contributed by atoms with van der Waals surface area (Å²) in [6, 6.07) is 8.96. The molecule has 1 fully saturated rings. The van der Waals surface area contributed by atoms with Crippen molar-refractivity contribution in [2.24, 2.45) is 5.92 Å². The molecular formula is C16H26N2S. The van der Waals surface area contributed by atoms with Gasteiger partial charge < -0.3 is 10.2 Å². The lowest BCUT2D eigenvalue weighted by Gasteiger charge is -2.24. The van der Waals surface area contributed by atoms with Crippen molar-refractivity contribution in [3.8, 4) is 0 Å². The van der Waals surface area contributed by atoms with E-state index in [0.29, 0.717) is 0 Å². The van der Waals surface area contributed by atoms with Gasteiger partial charge in [0.25, 0.3) is 0 Å². The molecule has 1 unspecified atom stereocenters. The lowest BCUT2D eigenvalue weighted by Crippen LogP contribution is -2.39. The molecule has 1 aliphatic rings. The van der Waals surface area contributed by atoms with Crippen LogP contribution in [0.4, 0.5) is 5.69 Å². The van der Waals surface area contributed by atoms with Gasteiger partial charge in [-0.1, -0.05) is 0 Å². The van der Waals surface area contributed by atoms with Gasteiger partial charge in [0.15, 0.2) is 0 Å². The fourth-order valence-electron chi connectivity index (χ4n) is 2.48. The van der Waals surface area contributed by atoms with E-state index in [9.17, 15) is 0 Å². The number of nitrogens with zero attached hydrogens (tertiary/aromatic N) is 1. The van der Waals surface area contributed by atoms with Crippen LogP contribution < -0.4 is 10.2 Å². The molecule has 0 spiro atoms. The lowest BCUT2D eigenvalue weighted by atomic mass is 10.1. The Balaban J connectivity index is 1.87. The normalized spacial score (nSPS) is 20.0. The Morgan fingerprint density at radius 1 is 1.26 bits per heavy atom. The minimum atomic E-state index is 0.230. The van der Waals surface area contributed by atoms with Crippen LogP contribution in [0.25, 0.3) is 0 Å². The van der Waals surface area contributed by atoms with Crippen LogP contribution in [0.5, 0.6) is 0 Å². The van der Waals surface area contributed by atoms with Gasteiger partial charge in [-0.25, -0.2) is 0 Å². The number of anilines is 1. The number of rotatable bonds is 4. The number of nitrogens with one attached hydrogen (secondary N) is 1. The molecule has 3 heteroatoms. The number of thioether (sulfide) groups is 1. The van der Waals surface area contributed by atoms with E-state index in [-0.39, 0.29) is 5.54 Å². The molecule has 1 atom stereocenters. The van der Waals surface area contributed by atoms with Gasteiger partial charge in [-0.15, -0.1) is 11.8 Å². The van der Waals surface area contributed by atoms with Gasteiger partial charge in [0.2, 0.25) is 0 Å². The molecule has 2 nitrogen and oxygen atoms in total. The van der Waals surface area contributed by atoms with Gasteiger partial charge in [-0.3, -0.25) is 0 Å². The topological polar surface area (TPSA) is 15.3 Å². The second-order valence-corrected chi connectivity index (χ2v) is 7.31. The van der Waals surface area contributed by atoms with E-state index in [0.717, 1.165) is 12.5 Å². The van der Waals surface area contributed by atoms with E-state index < -0.39 is 0 Å². The summed E-state index contributed by atoms with van der Waals surface area (Å²) in [7, 11) is 0. The van der Waals surface area contributed by atoms with Crippen molar-refractivity contribution >= 4 is 17.4 Å². The maximum Gasteiger partial charge on any atom is 0.0367 e. The van der Waals surface area contributed by atoms with E-state index in [1.54, 1.807) is 11.8 Å². The summed E-state index contributed by atoms with van der Waals surface area (Å²) in [6.07, 6.45) is 3.42. The highest BCUT2D eigenvalue weighted by molar-refractivity contribution is 7.98. The fraction of sp³-hybridized carbons (Fsp3) is 0.625. The standard InChI is InChI=1S/C16H26N2S/c1-16(2,3)17-11-13-9-10-18(12-13)14-5-7-15(19-4)8-6-14/h5-8,13,17H,9-12H2,1-4H3. The van der Waals surface area contributed by atoms with E-state index in [1.807, 2.05) is 0 Å². The number of hydrogen-bond donors (Lipinski definition) is 1. The van der Waals surface area contributed by atoms with Gasteiger partial charge in [0.1, 0.15) is 0 Å². The zero-order valence-electron chi connectivity index (χ0n) is 12.6. The molecule has 1 saturated heterocycles. The molecule has 1 N–H and O–H groups in total. The smallest absolute Gasteiger partial charge is 0.0367 e. The van der Waals surface area contributed by atoms with Crippen molar-refractivity contribution in [1.82, 2.24) is 5.32 Å². The van der Waals surface area contributed by atoms with E-state index in [2.05, 4.69) is 61.5 Å². The van der Waals surface area contributed by atoms with Crippen molar-refractivity contribution in [3.05, 3.63) is 24.3 Å². The highest BCUT2D eigenvalue weighted by Crippen LogP contribution is 2.26. The predicted octanol–water partition coefficient (Wildman–Crippen LogP) is 3.62. The summed E-state index contributed by atoms with van der Waals surface area (Å²) in [6.45, 7) is 10.2. The molecule has 1 aromatic rings. The van der Waals surface area contributed by atoms with Crippen LogP contribution in [0, 0.1) is 5.92 Å². The average molecular weight is 278 g/mol. The summed E-state index contributed by atoms with van der Waals surface area (Å²) in [5.41, 5.74) is 1.60. The van der Waals surface area contributed by atoms with Crippen molar-refractivity contribution in [3.63, 3.8) is 0 Å². The molecule has 1 heterocycles. The lowest BCUT2D eigenvalue weighted by molar-refractivity contribution is 0.383. The van der Waals surface area contributed by atoms with Crippen molar-refractivity contribution in [1.29, 1.82) is 0 Å². The van der Waals surface area contributed by atoms with Crippen LogP contribution in [0.15, 0.2) is 29.2 Å². The zero-order chi connectivity index (χ0) is 13.9. The van der Waals surface area contributed by atoms with Crippen LogP contribution in [0.3, 0.4) is 0 Å². The molecule has 0 saturated carbocycles. The minimum Gasteiger partial charge on any atom is -0.371 e. The van der Waals surface area contributed by atoms with Crippen LogP contribution in [-0.4, -0.2) is 31.4 Å². The van der Waals surface area contributed by atoms with E-state index in [4.69, 9.17) is 0 Å². The van der Waals surface area contributed by atoms with Gasteiger partial charge in [0, 0.05) is 35.8 Å².